The Balaban J connectivity index is 0.000000169. The first-order valence-corrected chi connectivity index (χ1v) is 26.6. The molecule has 0 saturated heterocycles. The Labute approximate surface area is 465 Å². The van der Waals surface area contributed by atoms with Crippen LogP contribution in [-0.4, -0.2) is 37.6 Å². The lowest BCUT2D eigenvalue weighted by atomic mass is 9.60. The minimum absolute atomic E-state index is 0.0723. The number of ether oxygens (including phenoxy) is 2. The van der Waals surface area contributed by atoms with E-state index in [1.54, 1.807) is 33.8 Å². The second-order valence-electron chi connectivity index (χ2n) is 22.6. The molecule has 80 heavy (non-hydrogen) atoms. The molecule has 0 saturated carbocycles. The molecule has 2 amide bonds. The fourth-order valence-electron chi connectivity index (χ4n) is 13.0. The number of anilines is 4. The molecule has 2 spiro atoms. The smallest absolute Gasteiger partial charge is 0.248 e. The molecule has 14 heteroatoms. The van der Waals surface area contributed by atoms with E-state index in [0.717, 1.165) is 11.1 Å². The summed E-state index contributed by atoms with van der Waals surface area (Å²) < 4.78 is 10.7. The monoisotopic (exact) mass is 1060 g/mol. The van der Waals surface area contributed by atoms with Gasteiger partial charge in [0.05, 0.1) is 38.5 Å². The summed E-state index contributed by atoms with van der Waals surface area (Å²) in [6.07, 6.45) is 1.54. The van der Waals surface area contributed by atoms with Gasteiger partial charge in [0.25, 0.3) is 0 Å². The largest absolute Gasteiger partial charge is 0.497 e. The number of nitriles is 2. The molecular weight excluding hydrogens is 1000 g/mol. The molecule has 12 rings (SSSR count). The number of ketones is 2. The highest BCUT2D eigenvalue weighted by Crippen LogP contribution is 2.61. The minimum Gasteiger partial charge on any atom is -0.497 e. The molecule has 2 atom stereocenters. The number of nitrogens with two attached hydrogens (primary N) is 2. The Morgan fingerprint density at radius 2 is 0.812 bits per heavy atom. The summed E-state index contributed by atoms with van der Waals surface area (Å²) in [7, 11) is 3.18. The average Bonchev–Trinajstić information content (AvgIpc) is 3.88. The van der Waals surface area contributed by atoms with E-state index < -0.39 is 10.8 Å². The first-order chi connectivity index (χ1) is 38.4. The van der Waals surface area contributed by atoms with Crippen molar-refractivity contribution < 1.29 is 28.7 Å². The van der Waals surface area contributed by atoms with E-state index in [4.69, 9.17) is 20.9 Å². The van der Waals surface area contributed by atoms with Gasteiger partial charge in [-0.2, -0.15) is 10.5 Å². The van der Waals surface area contributed by atoms with Gasteiger partial charge < -0.3 is 30.7 Å². The van der Waals surface area contributed by atoms with Crippen LogP contribution in [0.2, 0.25) is 0 Å². The van der Waals surface area contributed by atoms with Crippen molar-refractivity contribution in [2.45, 2.75) is 77.3 Å². The molecule has 2 aliphatic carbocycles. The molecule has 6 aliphatic rings. The number of hydrogen-bond donors (Lipinski definition) is 2. The van der Waals surface area contributed by atoms with Crippen molar-refractivity contribution in [3.63, 3.8) is 0 Å². The number of methoxy groups -OCH3 is 2. The van der Waals surface area contributed by atoms with Crippen LogP contribution in [0.25, 0.3) is 0 Å². The minimum atomic E-state index is -1.61. The molecule has 0 radical (unpaired) electrons. The second kappa shape index (κ2) is 19.7. The molecule has 4 aliphatic heterocycles. The predicted octanol–water partition coefficient (Wildman–Crippen LogP) is 10.7. The third-order valence-corrected chi connectivity index (χ3v) is 16.3. The zero-order chi connectivity index (χ0) is 56.5. The predicted molar refractivity (Wildman–Crippen MR) is 306 cm³/mol. The summed E-state index contributed by atoms with van der Waals surface area (Å²) in [6, 6.07) is 53.5. The molecule has 0 aromatic heterocycles. The lowest BCUT2D eigenvalue weighted by Crippen LogP contribution is -2.53. The van der Waals surface area contributed by atoms with Crippen molar-refractivity contribution in [2.75, 3.05) is 33.8 Å². The van der Waals surface area contributed by atoms with Crippen molar-refractivity contribution >= 4 is 46.1 Å². The molecular formula is C66H60N8O6. The SMILES string of the molecule is COc1ccc(N2C(N)=C(C#N)[C@@]3(C(=O)N(Cc4ccccc4)c4ccccc43)C3=C2CC(C)(C)CC3=O)cc1.COc1ccc(N2C(N)=C(C#N)[C@@]3(C(=O)N(Cc4ccccc4)c4ccccc43)C3=C2CC(C)(C)CC3=O)cc1. The van der Waals surface area contributed by atoms with E-state index in [2.05, 4.69) is 12.1 Å². The molecule has 0 unspecified atom stereocenters. The number of hydrogen-bond acceptors (Lipinski definition) is 12. The van der Waals surface area contributed by atoms with Gasteiger partial charge in [-0.3, -0.25) is 29.0 Å². The first kappa shape index (κ1) is 52.4. The molecule has 0 fully saturated rings. The number of amides is 2. The van der Waals surface area contributed by atoms with Gasteiger partial charge in [0.1, 0.15) is 46.1 Å². The van der Waals surface area contributed by atoms with E-state index in [9.17, 15) is 29.7 Å². The number of fused-ring (bicyclic) bond motifs is 6. The van der Waals surface area contributed by atoms with Crippen molar-refractivity contribution in [3.05, 3.63) is 225 Å². The van der Waals surface area contributed by atoms with E-state index >= 15 is 0 Å². The Hall–Kier alpha value is -9.66. The average molecular weight is 1060 g/mol. The molecule has 400 valence electrons. The van der Waals surface area contributed by atoms with Crippen molar-refractivity contribution in [2.24, 2.45) is 22.3 Å². The molecule has 4 heterocycles. The van der Waals surface area contributed by atoms with Crippen molar-refractivity contribution in [1.82, 2.24) is 0 Å². The number of carbonyl (C=O) groups is 4. The number of nitrogens with zero attached hydrogens (tertiary/aromatic N) is 6. The maximum absolute atomic E-state index is 14.8. The van der Waals surface area contributed by atoms with Crippen LogP contribution in [0.15, 0.2) is 203 Å². The summed E-state index contributed by atoms with van der Waals surface area (Å²) in [6.45, 7) is 8.78. The number of benzene rings is 6. The Morgan fingerprint density at radius 1 is 0.475 bits per heavy atom. The highest BCUT2D eigenvalue weighted by Gasteiger charge is 2.65. The second-order valence-corrected chi connectivity index (χ2v) is 22.6. The van der Waals surface area contributed by atoms with Crippen LogP contribution in [0.5, 0.6) is 11.5 Å². The van der Waals surface area contributed by atoms with Crippen LogP contribution in [0.3, 0.4) is 0 Å². The van der Waals surface area contributed by atoms with Gasteiger partial charge in [0.2, 0.25) is 11.8 Å². The van der Waals surface area contributed by atoms with Crippen LogP contribution in [0.4, 0.5) is 22.7 Å². The topological polar surface area (TPSA) is 199 Å². The lowest BCUT2D eigenvalue weighted by Gasteiger charge is -2.47. The molecule has 0 bridgehead atoms. The van der Waals surface area contributed by atoms with Crippen LogP contribution in [-0.2, 0) is 43.1 Å². The third-order valence-electron chi connectivity index (χ3n) is 16.3. The van der Waals surface area contributed by atoms with Crippen LogP contribution in [0.1, 0.15) is 75.6 Å². The Morgan fingerprint density at radius 3 is 1.15 bits per heavy atom. The zero-order valence-corrected chi connectivity index (χ0v) is 45.5. The zero-order valence-electron chi connectivity index (χ0n) is 45.5. The maximum Gasteiger partial charge on any atom is 0.248 e. The van der Waals surface area contributed by atoms with Gasteiger partial charge >= 0.3 is 0 Å². The number of para-hydroxylation sites is 2. The van der Waals surface area contributed by atoms with Gasteiger partial charge in [-0.25, -0.2) is 0 Å². The Bertz CT molecular complexity index is 3540. The standard InChI is InChI=1S/2C33H30N4O3/c2*1-32(2)17-27-29(28(38)18-32)33(25(19-34)30(35)37(27)22-13-15-23(40-3)16-14-22)24-11-7-8-12-26(24)36(31(33)39)20-21-9-5-4-6-10-21/h2*4-16H,17-18,20,35H2,1-3H3/t2*33-/m11/s1. The summed E-state index contributed by atoms with van der Waals surface area (Å²) in [4.78, 5) is 65.0. The van der Waals surface area contributed by atoms with E-state index in [0.29, 0.717) is 93.8 Å². The summed E-state index contributed by atoms with van der Waals surface area (Å²) in [5.41, 5.74) is 17.8. The van der Waals surface area contributed by atoms with E-state index in [1.807, 2.05) is 185 Å². The number of carbonyl (C=O) groups excluding carboxylic acids is 4. The third kappa shape index (κ3) is 8.04. The fourth-order valence-corrected chi connectivity index (χ4v) is 13.0. The summed E-state index contributed by atoms with van der Waals surface area (Å²) in [5.74, 6) is 0.712. The molecule has 6 aromatic rings. The Kier molecular flexibility index (Phi) is 12.9. The highest BCUT2D eigenvalue weighted by molar-refractivity contribution is 6.22. The molecule has 4 N–H and O–H groups in total. The first-order valence-electron chi connectivity index (χ1n) is 26.6. The van der Waals surface area contributed by atoms with Gasteiger partial charge in [-0.05, 0) is 95.5 Å². The van der Waals surface area contributed by atoms with Crippen molar-refractivity contribution in [1.29, 1.82) is 10.5 Å². The van der Waals surface area contributed by atoms with Crippen LogP contribution in [0, 0.1) is 33.5 Å². The number of Topliss-reactive ketones (excluding diaryl/α,β-unsaturated/α-hetero) is 2. The van der Waals surface area contributed by atoms with Crippen molar-refractivity contribution in [3.8, 4) is 23.6 Å². The molecule has 6 aromatic carbocycles. The van der Waals surface area contributed by atoms with Gasteiger partial charge in [0, 0.05) is 69.3 Å². The number of rotatable bonds is 8. The van der Waals surface area contributed by atoms with Crippen LogP contribution < -0.4 is 40.5 Å². The highest BCUT2D eigenvalue weighted by atomic mass is 16.5. The summed E-state index contributed by atoms with van der Waals surface area (Å²) in [5, 5.41) is 21.4. The lowest BCUT2D eigenvalue weighted by molar-refractivity contribution is -0.125. The normalized spacial score (nSPS) is 21.4. The van der Waals surface area contributed by atoms with E-state index in [1.165, 1.54) is 0 Å². The molecule has 14 nitrogen and oxygen atoms in total. The van der Waals surface area contributed by atoms with E-state index in [-0.39, 0.29) is 69.8 Å². The summed E-state index contributed by atoms with van der Waals surface area (Å²) >= 11 is 0. The number of allylic oxidation sites excluding steroid dienone is 2. The van der Waals surface area contributed by atoms with Crippen LogP contribution >= 0.6 is 0 Å². The van der Waals surface area contributed by atoms with Gasteiger partial charge in [0.15, 0.2) is 11.6 Å². The quantitative estimate of drug-likeness (QED) is 0.146. The van der Waals surface area contributed by atoms with Gasteiger partial charge in [-0.15, -0.1) is 0 Å². The fraction of sp³-hybridized carbons (Fsp3) is 0.242. The van der Waals surface area contributed by atoms with Gasteiger partial charge in [-0.1, -0.05) is 125 Å². The maximum atomic E-state index is 14.8.